The molecule has 3 heteroatoms. The Labute approximate surface area is 124 Å². The van der Waals surface area contributed by atoms with E-state index in [0.717, 1.165) is 18.1 Å². The highest BCUT2D eigenvalue weighted by molar-refractivity contribution is 5.42. The van der Waals surface area contributed by atoms with Gasteiger partial charge in [0.2, 0.25) is 11.9 Å². The third-order valence-corrected chi connectivity index (χ3v) is 3.18. The zero-order valence-corrected chi connectivity index (χ0v) is 12.0. The molecule has 0 fully saturated rings. The number of aromatic nitrogens is 1. The van der Waals surface area contributed by atoms with E-state index in [9.17, 15) is 8.78 Å². The van der Waals surface area contributed by atoms with E-state index in [-0.39, 0.29) is 5.56 Å². The fourth-order valence-electron chi connectivity index (χ4n) is 1.98. The van der Waals surface area contributed by atoms with Gasteiger partial charge in [-0.2, -0.15) is 13.8 Å². The summed E-state index contributed by atoms with van der Waals surface area (Å²) in [5.41, 5.74) is 2.19. The highest BCUT2D eigenvalue weighted by Crippen LogP contribution is 2.09. The number of aryl methyl sites for hydroxylation is 1. The molecule has 0 spiro atoms. The van der Waals surface area contributed by atoms with Gasteiger partial charge >= 0.3 is 0 Å². The Balaban J connectivity index is 2.05. The van der Waals surface area contributed by atoms with Crippen LogP contribution in [0.4, 0.5) is 8.78 Å². The molecule has 2 rings (SSSR count). The molecular formula is C18H17F2N. The zero-order chi connectivity index (χ0) is 15.1. The Morgan fingerprint density at radius 2 is 1.71 bits per heavy atom. The van der Waals surface area contributed by atoms with Crippen LogP contribution in [-0.4, -0.2) is 4.98 Å². The Hall–Kier alpha value is -2.21. The summed E-state index contributed by atoms with van der Waals surface area (Å²) in [4.78, 5) is 3.11. The van der Waals surface area contributed by atoms with Gasteiger partial charge in [-0.1, -0.05) is 43.7 Å². The monoisotopic (exact) mass is 285 g/mol. The standard InChI is InChI=1S/C18H17F2N/c1-2-3-4-5-14-6-8-15(9-7-14)10-11-16-12-13-17(19)21-18(16)20/h6-9,12-13H,2-5H2,1H3. The van der Waals surface area contributed by atoms with Crippen LogP contribution in [0.3, 0.4) is 0 Å². The first-order valence-electron chi connectivity index (χ1n) is 7.12. The van der Waals surface area contributed by atoms with Crippen molar-refractivity contribution in [1.29, 1.82) is 0 Å². The number of rotatable bonds is 4. The molecule has 0 aliphatic carbocycles. The third kappa shape index (κ3) is 4.68. The van der Waals surface area contributed by atoms with Crippen LogP contribution in [0.1, 0.15) is 42.9 Å². The van der Waals surface area contributed by atoms with Gasteiger partial charge in [0.15, 0.2) is 0 Å². The van der Waals surface area contributed by atoms with Crippen molar-refractivity contribution >= 4 is 0 Å². The lowest BCUT2D eigenvalue weighted by Crippen LogP contribution is -1.92. The van der Waals surface area contributed by atoms with Crippen molar-refractivity contribution in [1.82, 2.24) is 4.98 Å². The molecule has 0 saturated carbocycles. The minimum Gasteiger partial charge on any atom is -0.189 e. The first-order chi connectivity index (χ1) is 10.2. The number of unbranched alkanes of at least 4 members (excludes halogenated alkanes) is 2. The highest BCUT2D eigenvalue weighted by atomic mass is 19.1. The van der Waals surface area contributed by atoms with Gasteiger partial charge in [-0.25, -0.2) is 0 Å². The van der Waals surface area contributed by atoms with E-state index in [2.05, 4.69) is 23.7 Å². The van der Waals surface area contributed by atoms with E-state index in [0.29, 0.717) is 0 Å². The van der Waals surface area contributed by atoms with Crippen LogP contribution in [0.2, 0.25) is 0 Å². The maximum atomic E-state index is 13.3. The summed E-state index contributed by atoms with van der Waals surface area (Å²) in [6.07, 6.45) is 4.70. The summed E-state index contributed by atoms with van der Waals surface area (Å²) in [5, 5.41) is 0. The van der Waals surface area contributed by atoms with Crippen LogP contribution in [0.15, 0.2) is 36.4 Å². The first kappa shape index (κ1) is 15.2. The van der Waals surface area contributed by atoms with Gasteiger partial charge in [-0.15, -0.1) is 0 Å². The Morgan fingerprint density at radius 3 is 2.38 bits per heavy atom. The Bertz CT molecular complexity index is 651. The van der Waals surface area contributed by atoms with Crippen molar-refractivity contribution in [2.24, 2.45) is 0 Å². The maximum Gasteiger partial charge on any atom is 0.231 e. The Morgan fingerprint density at radius 1 is 0.952 bits per heavy atom. The quantitative estimate of drug-likeness (QED) is 0.458. The minimum atomic E-state index is -0.876. The molecule has 21 heavy (non-hydrogen) atoms. The summed E-state index contributed by atoms with van der Waals surface area (Å²) in [5.74, 6) is 3.82. The molecule has 0 aliphatic rings. The van der Waals surface area contributed by atoms with E-state index in [1.807, 2.05) is 24.3 Å². The number of benzene rings is 1. The van der Waals surface area contributed by atoms with Crippen LogP contribution >= 0.6 is 0 Å². The predicted molar refractivity (Wildman–Crippen MR) is 79.8 cm³/mol. The molecule has 0 aliphatic heterocycles. The van der Waals surface area contributed by atoms with Crippen LogP contribution in [0, 0.1) is 23.7 Å². The first-order valence-corrected chi connectivity index (χ1v) is 7.12. The molecular weight excluding hydrogens is 268 g/mol. The second kappa shape index (κ2) is 7.54. The van der Waals surface area contributed by atoms with Crippen LogP contribution in [0.5, 0.6) is 0 Å². The molecule has 0 saturated heterocycles. The smallest absolute Gasteiger partial charge is 0.189 e. The second-order valence-corrected chi connectivity index (χ2v) is 4.88. The van der Waals surface area contributed by atoms with Crippen LogP contribution in [0.25, 0.3) is 0 Å². The van der Waals surface area contributed by atoms with Crippen molar-refractivity contribution in [2.75, 3.05) is 0 Å². The molecule has 1 heterocycles. The topological polar surface area (TPSA) is 12.9 Å². The molecule has 1 nitrogen and oxygen atoms in total. The molecule has 0 atom stereocenters. The number of halogens is 2. The van der Waals surface area contributed by atoms with Crippen LogP contribution in [-0.2, 0) is 6.42 Å². The SMILES string of the molecule is CCCCCc1ccc(C#Cc2ccc(F)nc2F)cc1. The van der Waals surface area contributed by atoms with E-state index in [4.69, 9.17) is 0 Å². The van der Waals surface area contributed by atoms with E-state index < -0.39 is 11.9 Å². The molecule has 0 amide bonds. The largest absolute Gasteiger partial charge is 0.231 e. The van der Waals surface area contributed by atoms with Gasteiger partial charge in [0.1, 0.15) is 0 Å². The molecule has 0 bridgehead atoms. The fourth-order valence-corrected chi connectivity index (χ4v) is 1.98. The van der Waals surface area contributed by atoms with Gasteiger partial charge in [0.05, 0.1) is 5.56 Å². The molecule has 0 N–H and O–H groups in total. The van der Waals surface area contributed by atoms with E-state index in [1.165, 1.54) is 30.9 Å². The predicted octanol–water partition coefficient (Wildman–Crippen LogP) is 4.49. The van der Waals surface area contributed by atoms with E-state index >= 15 is 0 Å². The zero-order valence-electron chi connectivity index (χ0n) is 12.0. The molecule has 0 radical (unpaired) electrons. The van der Waals surface area contributed by atoms with Gasteiger partial charge in [-0.05, 0) is 42.7 Å². The number of pyridine rings is 1. The lowest BCUT2D eigenvalue weighted by atomic mass is 10.1. The van der Waals surface area contributed by atoms with Gasteiger partial charge in [0, 0.05) is 5.56 Å². The van der Waals surface area contributed by atoms with Crippen molar-refractivity contribution < 1.29 is 8.78 Å². The molecule has 108 valence electrons. The third-order valence-electron chi connectivity index (χ3n) is 3.18. The van der Waals surface area contributed by atoms with Crippen molar-refractivity contribution in [2.45, 2.75) is 32.6 Å². The minimum absolute atomic E-state index is 0.100. The average Bonchev–Trinajstić information content (AvgIpc) is 2.48. The summed E-state index contributed by atoms with van der Waals surface area (Å²) >= 11 is 0. The van der Waals surface area contributed by atoms with Crippen molar-refractivity contribution in [3.05, 3.63) is 65.0 Å². The molecule has 2 aromatic rings. The fraction of sp³-hybridized carbons (Fsp3) is 0.278. The van der Waals surface area contributed by atoms with Crippen molar-refractivity contribution in [3.8, 4) is 11.8 Å². The van der Waals surface area contributed by atoms with E-state index in [1.54, 1.807) is 0 Å². The second-order valence-electron chi connectivity index (χ2n) is 4.88. The summed E-state index contributed by atoms with van der Waals surface area (Å²) in [6, 6.07) is 10.3. The summed E-state index contributed by atoms with van der Waals surface area (Å²) in [7, 11) is 0. The number of hydrogen-bond acceptors (Lipinski definition) is 1. The summed E-state index contributed by atoms with van der Waals surface area (Å²) in [6.45, 7) is 2.18. The number of nitrogens with zero attached hydrogens (tertiary/aromatic N) is 1. The number of hydrogen-bond donors (Lipinski definition) is 0. The lowest BCUT2D eigenvalue weighted by molar-refractivity contribution is 0.510. The molecule has 1 aromatic heterocycles. The summed E-state index contributed by atoms with van der Waals surface area (Å²) < 4.78 is 26.0. The molecule has 0 unspecified atom stereocenters. The van der Waals surface area contributed by atoms with Gasteiger partial charge < -0.3 is 0 Å². The Kier molecular flexibility index (Phi) is 5.45. The maximum absolute atomic E-state index is 13.3. The van der Waals surface area contributed by atoms with Crippen LogP contribution < -0.4 is 0 Å². The van der Waals surface area contributed by atoms with Crippen molar-refractivity contribution in [3.63, 3.8) is 0 Å². The van der Waals surface area contributed by atoms with Gasteiger partial charge in [-0.3, -0.25) is 0 Å². The average molecular weight is 285 g/mol. The van der Waals surface area contributed by atoms with Gasteiger partial charge in [0.25, 0.3) is 0 Å². The molecule has 1 aromatic carbocycles. The lowest BCUT2D eigenvalue weighted by Gasteiger charge is -2.00. The highest BCUT2D eigenvalue weighted by Gasteiger charge is 2.01. The normalized spacial score (nSPS) is 10.0.